The molecule has 38 heavy (non-hydrogen) atoms. The van der Waals surface area contributed by atoms with Crippen molar-refractivity contribution < 1.29 is 31.5 Å². The molecule has 0 saturated carbocycles. The van der Waals surface area contributed by atoms with Crippen LogP contribution in [0.3, 0.4) is 0 Å². The van der Waals surface area contributed by atoms with Crippen molar-refractivity contribution in [2.45, 2.75) is 19.3 Å². The number of rotatable bonds is 3. The fourth-order valence-electron chi connectivity index (χ4n) is 4.64. The van der Waals surface area contributed by atoms with Crippen molar-refractivity contribution in [3.05, 3.63) is 89.5 Å². The van der Waals surface area contributed by atoms with Gasteiger partial charge in [0.25, 0.3) is 0 Å². The molecule has 6 nitrogen and oxygen atoms in total. The van der Waals surface area contributed by atoms with Crippen molar-refractivity contribution in [2.75, 3.05) is 36.0 Å². The number of aliphatic imine (C=N–C) groups is 1. The van der Waals surface area contributed by atoms with E-state index in [0.717, 1.165) is 17.8 Å². The van der Waals surface area contributed by atoms with Crippen LogP contribution in [0, 0.1) is 11.6 Å². The predicted octanol–water partition coefficient (Wildman–Crippen LogP) is 5.88. The highest BCUT2D eigenvalue weighted by Crippen LogP contribution is 2.42. The molecule has 1 fully saturated rings. The number of hydrogen-bond acceptors (Lipinski definition) is 6. The number of nitrogens with zero attached hydrogens (tertiary/aromatic N) is 4. The van der Waals surface area contributed by atoms with E-state index < -0.39 is 29.8 Å². The minimum atomic E-state index is -4.61. The lowest BCUT2D eigenvalue weighted by Crippen LogP contribution is -2.55. The number of esters is 1. The van der Waals surface area contributed by atoms with E-state index >= 15 is 0 Å². The van der Waals surface area contributed by atoms with Gasteiger partial charge in [0.15, 0.2) is 0 Å². The number of alkyl halides is 3. The lowest BCUT2D eigenvalue weighted by atomic mass is 10.1. The van der Waals surface area contributed by atoms with Gasteiger partial charge in [-0.25, -0.2) is 13.8 Å². The van der Waals surface area contributed by atoms with Gasteiger partial charge in [0.05, 0.1) is 5.56 Å². The summed E-state index contributed by atoms with van der Waals surface area (Å²) in [5, 5.41) is 0. The van der Waals surface area contributed by atoms with Crippen molar-refractivity contribution in [1.82, 2.24) is 4.90 Å². The number of para-hydroxylation sites is 1. The second-order valence-electron chi connectivity index (χ2n) is 8.92. The summed E-state index contributed by atoms with van der Waals surface area (Å²) in [6.45, 7) is 2.91. The highest BCUT2D eigenvalue weighted by Gasteiger charge is 2.39. The quantitative estimate of drug-likeness (QED) is 0.313. The van der Waals surface area contributed by atoms with Gasteiger partial charge in [0, 0.05) is 50.0 Å². The third-order valence-corrected chi connectivity index (χ3v) is 6.43. The van der Waals surface area contributed by atoms with E-state index in [1.165, 1.54) is 54.3 Å². The van der Waals surface area contributed by atoms with E-state index in [1.54, 1.807) is 12.1 Å². The Kier molecular flexibility index (Phi) is 6.68. The zero-order chi connectivity index (χ0) is 27.0. The van der Waals surface area contributed by atoms with Crippen molar-refractivity contribution in [3.8, 4) is 0 Å². The van der Waals surface area contributed by atoms with Crippen LogP contribution in [0.5, 0.6) is 0 Å². The molecule has 0 spiro atoms. The maximum absolute atomic E-state index is 14.9. The molecule has 0 aromatic heterocycles. The predicted molar refractivity (Wildman–Crippen MR) is 132 cm³/mol. The Hall–Kier alpha value is -4.15. The third kappa shape index (κ3) is 5.00. The van der Waals surface area contributed by atoms with Crippen LogP contribution in [0.4, 0.5) is 39.0 Å². The summed E-state index contributed by atoms with van der Waals surface area (Å²) in [5.41, 5.74) is 0.188. The number of carbonyl (C=O) groups excluding carboxylic acids is 1. The Bertz CT molecular complexity index is 1370. The number of ether oxygens (including phenoxy) is 1. The summed E-state index contributed by atoms with van der Waals surface area (Å²) in [6, 6.07) is 14.9. The summed E-state index contributed by atoms with van der Waals surface area (Å²) in [5.74, 6) is -1.53. The molecule has 0 amide bonds. The standard InChI is InChI=1S/C27H23F5N4O2/c1-17(37)38-25-22-6-3-7-23(29)24(22)33-26(36(25)21-5-2-4-18(16-21)27(30,31)32)35-14-12-34(13-15-35)20-10-8-19(28)9-11-20/h2-11,16,25H,12-15H2,1H3. The Morgan fingerprint density at radius 1 is 0.895 bits per heavy atom. The Morgan fingerprint density at radius 2 is 1.55 bits per heavy atom. The minimum absolute atomic E-state index is 0.0436. The first-order valence-electron chi connectivity index (χ1n) is 11.9. The molecule has 2 heterocycles. The number of guanidine groups is 1. The van der Waals surface area contributed by atoms with Crippen molar-refractivity contribution in [2.24, 2.45) is 4.99 Å². The van der Waals surface area contributed by atoms with Gasteiger partial charge in [-0.05, 0) is 48.5 Å². The van der Waals surface area contributed by atoms with E-state index in [-0.39, 0.29) is 28.7 Å². The smallest absolute Gasteiger partial charge is 0.416 e. The normalized spacial score (nSPS) is 17.7. The number of hydrogen-bond donors (Lipinski definition) is 0. The molecular weight excluding hydrogens is 507 g/mol. The highest BCUT2D eigenvalue weighted by atomic mass is 19.4. The van der Waals surface area contributed by atoms with E-state index in [0.29, 0.717) is 26.2 Å². The molecule has 0 N–H and O–H groups in total. The van der Waals surface area contributed by atoms with Gasteiger partial charge in [-0.1, -0.05) is 18.2 Å². The van der Waals surface area contributed by atoms with Crippen LogP contribution in [-0.2, 0) is 15.7 Å². The zero-order valence-corrected chi connectivity index (χ0v) is 20.3. The fraction of sp³-hybridized carbons (Fsp3) is 0.259. The number of fused-ring (bicyclic) bond motifs is 1. The van der Waals surface area contributed by atoms with Gasteiger partial charge in [0.1, 0.15) is 17.3 Å². The molecule has 0 aliphatic carbocycles. The molecule has 198 valence electrons. The summed E-state index contributed by atoms with van der Waals surface area (Å²) >= 11 is 0. The van der Waals surface area contributed by atoms with E-state index in [9.17, 15) is 26.7 Å². The second kappa shape index (κ2) is 9.96. The number of piperazine rings is 1. The Morgan fingerprint density at radius 3 is 2.21 bits per heavy atom. The lowest BCUT2D eigenvalue weighted by Gasteiger charge is -2.44. The number of halogens is 5. The van der Waals surface area contributed by atoms with Crippen LogP contribution in [-0.4, -0.2) is 43.0 Å². The number of anilines is 2. The minimum Gasteiger partial charge on any atom is -0.437 e. The molecule has 3 aromatic carbocycles. The molecule has 11 heteroatoms. The van der Waals surface area contributed by atoms with Crippen LogP contribution in [0.2, 0.25) is 0 Å². The summed E-state index contributed by atoms with van der Waals surface area (Å²) in [7, 11) is 0. The first-order chi connectivity index (χ1) is 18.1. The lowest BCUT2D eigenvalue weighted by molar-refractivity contribution is -0.146. The zero-order valence-electron chi connectivity index (χ0n) is 20.3. The topological polar surface area (TPSA) is 48.4 Å². The Balaban J connectivity index is 1.56. The average Bonchev–Trinajstić information content (AvgIpc) is 2.89. The molecule has 2 aliphatic heterocycles. The highest BCUT2D eigenvalue weighted by molar-refractivity contribution is 6.00. The number of benzene rings is 3. The number of carbonyl (C=O) groups is 1. The van der Waals surface area contributed by atoms with Gasteiger partial charge >= 0.3 is 12.1 Å². The second-order valence-corrected chi connectivity index (χ2v) is 8.92. The van der Waals surface area contributed by atoms with Crippen LogP contribution >= 0.6 is 0 Å². The van der Waals surface area contributed by atoms with Crippen LogP contribution in [0.25, 0.3) is 0 Å². The molecule has 1 unspecified atom stereocenters. The third-order valence-electron chi connectivity index (χ3n) is 6.43. The van der Waals surface area contributed by atoms with Crippen molar-refractivity contribution in [3.63, 3.8) is 0 Å². The molecule has 0 bridgehead atoms. The molecule has 1 saturated heterocycles. The summed E-state index contributed by atoms with van der Waals surface area (Å²) in [6.07, 6.45) is -5.85. The van der Waals surface area contributed by atoms with Crippen LogP contribution < -0.4 is 9.80 Å². The average molecular weight is 530 g/mol. The van der Waals surface area contributed by atoms with Gasteiger partial charge < -0.3 is 14.5 Å². The summed E-state index contributed by atoms with van der Waals surface area (Å²) < 4.78 is 74.6. The molecular formula is C27H23F5N4O2. The molecule has 3 aromatic rings. The maximum Gasteiger partial charge on any atom is 0.416 e. The molecule has 1 atom stereocenters. The maximum atomic E-state index is 14.9. The van der Waals surface area contributed by atoms with Crippen LogP contribution in [0.1, 0.15) is 24.3 Å². The van der Waals surface area contributed by atoms with Crippen molar-refractivity contribution >= 4 is 29.0 Å². The van der Waals surface area contributed by atoms with Gasteiger partial charge in [-0.15, -0.1) is 0 Å². The fourth-order valence-corrected chi connectivity index (χ4v) is 4.64. The Labute approximate surface area is 215 Å². The van der Waals surface area contributed by atoms with Crippen molar-refractivity contribution in [1.29, 1.82) is 0 Å². The van der Waals surface area contributed by atoms with Gasteiger partial charge in [-0.2, -0.15) is 13.2 Å². The molecule has 5 rings (SSSR count). The molecule has 2 aliphatic rings. The summed E-state index contributed by atoms with van der Waals surface area (Å²) in [4.78, 5) is 21.9. The van der Waals surface area contributed by atoms with Crippen LogP contribution in [0.15, 0.2) is 71.7 Å². The first kappa shape index (κ1) is 25.5. The van der Waals surface area contributed by atoms with E-state index in [1.807, 2.05) is 9.80 Å². The SMILES string of the molecule is CC(=O)OC1c2cccc(F)c2N=C(N2CCN(c3ccc(F)cc3)CC2)N1c1cccc(C(F)(F)F)c1. The molecule has 0 radical (unpaired) electrons. The first-order valence-corrected chi connectivity index (χ1v) is 11.9. The largest absolute Gasteiger partial charge is 0.437 e. The van der Waals surface area contributed by atoms with E-state index in [4.69, 9.17) is 4.74 Å². The monoisotopic (exact) mass is 530 g/mol. The van der Waals surface area contributed by atoms with Gasteiger partial charge in [0.2, 0.25) is 12.2 Å². The van der Waals surface area contributed by atoms with Gasteiger partial charge in [-0.3, -0.25) is 9.69 Å². The van der Waals surface area contributed by atoms with E-state index in [2.05, 4.69) is 4.99 Å².